The van der Waals surface area contributed by atoms with Gasteiger partial charge in [-0.2, -0.15) is 0 Å². The number of halogens is 1. The first-order chi connectivity index (χ1) is 9.59. The normalized spacial score (nSPS) is 24.9. The Hall–Kier alpha value is -2.01. The SMILES string of the molecule is O=C(O)C1(On2cccn2)CC(c2ccc(Cl)cc2)C1. The molecule has 0 saturated heterocycles. The first-order valence-corrected chi connectivity index (χ1v) is 6.65. The molecule has 1 heterocycles. The fraction of sp³-hybridized carbons (Fsp3) is 0.286. The molecule has 0 radical (unpaired) electrons. The zero-order valence-corrected chi connectivity index (χ0v) is 11.3. The number of carbonyl (C=O) groups is 1. The fourth-order valence-electron chi connectivity index (χ4n) is 2.48. The summed E-state index contributed by atoms with van der Waals surface area (Å²) in [7, 11) is 0. The second-order valence-corrected chi connectivity index (χ2v) is 5.39. The first-order valence-electron chi connectivity index (χ1n) is 6.27. The molecule has 1 N–H and O–H groups in total. The molecular formula is C14H13ClN2O3. The number of rotatable bonds is 4. The van der Waals surface area contributed by atoms with Crippen LogP contribution in [0.1, 0.15) is 24.3 Å². The summed E-state index contributed by atoms with van der Waals surface area (Å²) in [6, 6.07) is 9.16. The quantitative estimate of drug-likeness (QED) is 0.939. The van der Waals surface area contributed by atoms with Gasteiger partial charge in [0.1, 0.15) is 0 Å². The minimum atomic E-state index is -1.20. The molecule has 1 fully saturated rings. The van der Waals surface area contributed by atoms with Gasteiger partial charge >= 0.3 is 5.97 Å². The van der Waals surface area contributed by atoms with Gasteiger partial charge in [0.05, 0.1) is 12.4 Å². The average Bonchev–Trinajstić information content (AvgIpc) is 2.87. The number of carboxylic acids is 1. The number of benzene rings is 1. The molecular weight excluding hydrogens is 280 g/mol. The maximum absolute atomic E-state index is 11.5. The Bertz CT molecular complexity index is 604. The van der Waals surface area contributed by atoms with Crippen molar-refractivity contribution in [3.63, 3.8) is 0 Å². The summed E-state index contributed by atoms with van der Waals surface area (Å²) in [4.78, 5) is 18.2. The third-order valence-electron chi connectivity index (χ3n) is 3.63. The van der Waals surface area contributed by atoms with Crippen LogP contribution in [-0.4, -0.2) is 26.6 Å². The molecule has 104 valence electrons. The van der Waals surface area contributed by atoms with Gasteiger partial charge in [-0.05, 0) is 29.7 Å². The van der Waals surface area contributed by atoms with Crippen LogP contribution in [0.15, 0.2) is 42.7 Å². The summed E-state index contributed by atoms with van der Waals surface area (Å²) in [5, 5.41) is 14.0. The molecule has 20 heavy (non-hydrogen) atoms. The van der Waals surface area contributed by atoms with E-state index in [0.717, 1.165) is 5.56 Å². The largest absolute Gasteiger partial charge is 0.478 e. The van der Waals surface area contributed by atoms with Crippen molar-refractivity contribution in [1.82, 2.24) is 9.94 Å². The van der Waals surface area contributed by atoms with E-state index in [1.165, 1.54) is 4.85 Å². The molecule has 0 amide bonds. The van der Waals surface area contributed by atoms with Crippen molar-refractivity contribution >= 4 is 17.6 Å². The van der Waals surface area contributed by atoms with E-state index in [4.69, 9.17) is 16.4 Å². The van der Waals surface area contributed by atoms with Gasteiger partial charge < -0.3 is 9.94 Å². The van der Waals surface area contributed by atoms with Crippen LogP contribution in [0, 0.1) is 0 Å². The highest BCUT2D eigenvalue weighted by atomic mass is 35.5. The van der Waals surface area contributed by atoms with Gasteiger partial charge in [-0.25, -0.2) is 4.79 Å². The highest BCUT2D eigenvalue weighted by Gasteiger charge is 2.54. The minimum absolute atomic E-state index is 0.166. The van der Waals surface area contributed by atoms with Crippen LogP contribution >= 0.6 is 11.6 Å². The maximum atomic E-state index is 11.5. The molecule has 1 aliphatic carbocycles. The molecule has 1 aromatic heterocycles. The summed E-state index contributed by atoms with van der Waals surface area (Å²) in [6.45, 7) is 0. The van der Waals surface area contributed by atoms with Crippen molar-refractivity contribution in [3.8, 4) is 0 Å². The standard InChI is InChI=1S/C14H13ClN2O3/c15-12-4-2-10(3-5-12)11-8-14(9-11,13(18)19)20-17-7-1-6-16-17/h1-7,11H,8-9H2,(H,18,19). The highest BCUT2D eigenvalue weighted by Crippen LogP contribution is 2.46. The Labute approximate surface area is 120 Å². The minimum Gasteiger partial charge on any atom is -0.478 e. The van der Waals surface area contributed by atoms with Crippen LogP contribution in [0.25, 0.3) is 0 Å². The van der Waals surface area contributed by atoms with Crippen LogP contribution in [0.5, 0.6) is 0 Å². The lowest BCUT2D eigenvalue weighted by molar-refractivity contribution is -0.185. The van der Waals surface area contributed by atoms with Crippen molar-refractivity contribution in [1.29, 1.82) is 0 Å². The Morgan fingerprint density at radius 2 is 2.10 bits per heavy atom. The molecule has 0 unspecified atom stereocenters. The predicted octanol–water partition coefficient (Wildman–Crippen LogP) is 2.37. The monoisotopic (exact) mass is 292 g/mol. The third-order valence-corrected chi connectivity index (χ3v) is 3.88. The van der Waals surface area contributed by atoms with E-state index in [9.17, 15) is 9.90 Å². The van der Waals surface area contributed by atoms with E-state index in [1.807, 2.05) is 24.3 Å². The van der Waals surface area contributed by atoms with Gasteiger partial charge in [0.25, 0.3) is 0 Å². The number of hydrogen-bond acceptors (Lipinski definition) is 3. The summed E-state index contributed by atoms with van der Waals surface area (Å²) < 4.78 is 0. The summed E-state index contributed by atoms with van der Waals surface area (Å²) >= 11 is 5.85. The lowest BCUT2D eigenvalue weighted by Crippen LogP contribution is -2.57. The fourth-order valence-corrected chi connectivity index (χ4v) is 2.61. The molecule has 1 aliphatic rings. The molecule has 0 spiro atoms. The molecule has 0 atom stereocenters. The Morgan fingerprint density at radius 1 is 1.40 bits per heavy atom. The first kappa shape index (κ1) is 13.0. The van der Waals surface area contributed by atoms with Crippen molar-refractivity contribution in [3.05, 3.63) is 53.3 Å². The maximum Gasteiger partial charge on any atom is 0.350 e. The van der Waals surface area contributed by atoms with Gasteiger partial charge in [0.15, 0.2) is 0 Å². The number of hydrogen-bond donors (Lipinski definition) is 1. The van der Waals surface area contributed by atoms with Gasteiger partial charge in [-0.3, -0.25) is 0 Å². The number of carboxylic acid groups (broad SMARTS) is 1. The second kappa shape index (κ2) is 4.83. The van der Waals surface area contributed by atoms with Crippen LogP contribution < -0.4 is 4.84 Å². The van der Waals surface area contributed by atoms with Crippen LogP contribution in [0.4, 0.5) is 0 Å². The number of nitrogens with zero attached hydrogens (tertiary/aromatic N) is 2. The van der Waals surface area contributed by atoms with Crippen molar-refractivity contribution in [2.75, 3.05) is 0 Å². The highest BCUT2D eigenvalue weighted by molar-refractivity contribution is 6.30. The van der Waals surface area contributed by atoms with E-state index >= 15 is 0 Å². The van der Waals surface area contributed by atoms with Crippen molar-refractivity contribution in [2.24, 2.45) is 0 Å². The molecule has 2 aromatic rings. The number of aromatic nitrogens is 2. The lowest BCUT2D eigenvalue weighted by atomic mass is 9.68. The molecule has 1 aromatic carbocycles. The molecule has 0 bridgehead atoms. The zero-order chi connectivity index (χ0) is 14.2. The van der Waals surface area contributed by atoms with E-state index < -0.39 is 11.6 Å². The lowest BCUT2D eigenvalue weighted by Gasteiger charge is -2.43. The van der Waals surface area contributed by atoms with Crippen LogP contribution in [0.2, 0.25) is 5.02 Å². The topological polar surface area (TPSA) is 64.3 Å². The van der Waals surface area contributed by atoms with E-state index in [2.05, 4.69) is 5.10 Å². The smallest absolute Gasteiger partial charge is 0.350 e. The summed E-state index contributed by atoms with van der Waals surface area (Å²) in [6.07, 6.45) is 3.97. The Kier molecular flexibility index (Phi) is 3.14. The van der Waals surface area contributed by atoms with E-state index in [-0.39, 0.29) is 5.92 Å². The second-order valence-electron chi connectivity index (χ2n) is 4.96. The molecule has 3 rings (SSSR count). The van der Waals surface area contributed by atoms with Crippen molar-refractivity contribution in [2.45, 2.75) is 24.4 Å². The van der Waals surface area contributed by atoms with Crippen LogP contribution in [-0.2, 0) is 4.79 Å². The molecule has 1 saturated carbocycles. The van der Waals surface area contributed by atoms with Crippen molar-refractivity contribution < 1.29 is 14.7 Å². The molecule has 5 nitrogen and oxygen atoms in total. The Morgan fingerprint density at radius 3 is 2.65 bits per heavy atom. The average molecular weight is 293 g/mol. The number of aliphatic carboxylic acids is 1. The zero-order valence-electron chi connectivity index (χ0n) is 10.6. The van der Waals surface area contributed by atoms with Gasteiger partial charge in [0.2, 0.25) is 5.60 Å². The third kappa shape index (κ3) is 2.25. The van der Waals surface area contributed by atoms with E-state index in [1.54, 1.807) is 18.5 Å². The van der Waals surface area contributed by atoms with Crippen LogP contribution in [0.3, 0.4) is 0 Å². The molecule has 6 heteroatoms. The summed E-state index contributed by atoms with van der Waals surface area (Å²) in [5.74, 6) is -0.794. The van der Waals surface area contributed by atoms with E-state index in [0.29, 0.717) is 17.9 Å². The van der Waals surface area contributed by atoms with Gasteiger partial charge in [-0.1, -0.05) is 23.7 Å². The van der Waals surface area contributed by atoms with Gasteiger partial charge in [0, 0.05) is 17.9 Å². The predicted molar refractivity (Wildman–Crippen MR) is 72.6 cm³/mol. The summed E-state index contributed by atoms with van der Waals surface area (Å²) in [5.41, 5.74) is -0.119. The van der Waals surface area contributed by atoms with Gasteiger partial charge in [-0.15, -0.1) is 9.94 Å². The Balaban J connectivity index is 1.74. The molecule has 0 aliphatic heterocycles.